The molecule has 0 aromatic carbocycles. The van der Waals surface area contributed by atoms with Crippen LogP contribution in [-0.4, -0.2) is 24.7 Å². The summed E-state index contributed by atoms with van der Waals surface area (Å²) in [5, 5.41) is 3.39. The van der Waals surface area contributed by atoms with Gasteiger partial charge in [-0.2, -0.15) is 0 Å². The lowest BCUT2D eigenvalue weighted by Gasteiger charge is -2.20. The topological polar surface area (TPSA) is 38.3 Å². The van der Waals surface area contributed by atoms with Gasteiger partial charge in [-0.25, -0.2) is 0 Å². The zero-order valence-electron chi connectivity index (χ0n) is 11.8. The Morgan fingerprint density at radius 2 is 2.00 bits per heavy atom. The molecule has 0 aromatic rings. The highest BCUT2D eigenvalue weighted by Crippen LogP contribution is 2.48. The first-order valence-electron chi connectivity index (χ1n) is 6.79. The molecule has 0 heterocycles. The van der Waals surface area contributed by atoms with Crippen molar-refractivity contribution in [2.24, 2.45) is 5.41 Å². The third-order valence-electron chi connectivity index (χ3n) is 3.16. The minimum atomic E-state index is -0.364. The van der Waals surface area contributed by atoms with Crippen molar-refractivity contribution in [3.05, 3.63) is 0 Å². The van der Waals surface area contributed by atoms with Crippen molar-refractivity contribution in [1.29, 1.82) is 0 Å². The summed E-state index contributed by atoms with van der Waals surface area (Å²) in [6.45, 7) is 9.74. The molecule has 0 aromatic heterocycles. The molecule has 1 fully saturated rings. The Labute approximate surface area is 105 Å². The average molecular weight is 241 g/mol. The molecule has 0 radical (unpaired) electrons. The van der Waals surface area contributed by atoms with E-state index in [4.69, 9.17) is 4.74 Å². The molecule has 0 aliphatic heterocycles. The van der Waals surface area contributed by atoms with Gasteiger partial charge in [-0.05, 0) is 45.4 Å². The number of hydrogen-bond donors (Lipinski definition) is 1. The summed E-state index contributed by atoms with van der Waals surface area (Å²) in [7, 11) is 0. The molecule has 17 heavy (non-hydrogen) atoms. The van der Waals surface area contributed by atoms with Crippen LogP contribution in [0.1, 0.15) is 59.8 Å². The molecule has 3 heteroatoms. The Bertz CT molecular complexity index is 251. The lowest BCUT2D eigenvalue weighted by molar-refractivity contribution is -0.154. The van der Waals surface area contributed by atoms with Crippen molar-refractivity contribution < 1.29 is 9.53 Å². The van der Waals surface area contributed by atoms with Crippen LogP contribution in [0.15, 0.2) is 0 Å². The normalized spacial score (nSPS) is 17.9. The highest BCUT2D eigenvalue weighted by Gasteiger charge is 2.40. The van der Waals surface area contributed by atoms with Gasteiger partial charge in [-0.3, -0.25) is 4.79 Å². The molecular weight excluding hydrogens is 214 g/mol. The van der Waals surface area contributed by atoms with Crippen LogP contribution in [0.2, 0.25) is 0 Å². The van der Waals surface area contributed by atoms with Crippen molar-refractivity contribution in [1.82, 2.24) is 5.32 Å². The van der Waals surface area contributed by atoms with Gasteiger partial charge < -0.3 is 10.1 Å². The summed E-state index contributed by atoms with van der Waals surface area (Å²) in [6, 6.07) is 0. The average Bonchev–Trinajstić information content (AvgIpc) is 2.91. The fraction of sp³-hybridized carbons (Fsp3) is 0.929. The van der Waals surface area contributed by atoms with Crippen molar-refractivity contribution in [3.8, 4) is 0 Å². The van der Waals surface area contributed by atoms with Gasteiger partial charge >= 0.3 is 5.97 Å². The van der Waals surface area contributed by atoms with Gasteiger partial charge in [0.1, 0.15) is 5.60 Å². The molecule has 0 bridgehead atoms. The van der Waals surface area contributed by atoms with Gasteiger partial charge in [0.25, 0.3) is 0 Å². The third kappa shape index (κ3) is 6.06. The van der Waals surface area contributed by atoms with Crippen LogP contribution in [0.3, 0.4) is 0 Å². The Hall–Kier alpha value is -0.570. The zero-order chi connectivity index (χ0) is 12.9. The zero-order valence-corrected chi connectivity index (χ0v) is 11.8. The van der Waals surface area contributed by atoms with Crippen molar-refractivity contribution in [3.63, 3.8) is 0 Å². The maximum absolute atomic E-state index is 11.5. The Morgan fingerprint density at radius 1 is 1.35 bits per heavy atom. The monoisotopic (exact) mass is 241 g/mol. The SMILES string of the molecule is CCCC1(CNCCC(=O)OC(C)(C)C)CC1. The maximum Gasteiger partial charge on any atom is 0.307 e. The van der Waals surface area contributed by atoms with Gasteiger partial charge in [0.15, 0.2) is 0 Å². The first-order valence-corrected chi connectivity index (χ1v) is 6.79. The minimum absolute atomic E-state index is 0.106. The van der Waals surface area contributed by atoms with Crippen molar-refractivity contribution in [2.45, 2.75) is 65.4 Å². The second-order valence-corrected chi connectivity index (χ2v) is 6.26. The standard InChI is InChI=1S/C14H27NO2/c1-5-7-14(8-9-14)11-15-10-6-12(16)17-13(2,3)4/h15H,5-11H2,1-4H3. The van der Waals surface area contributed by atoms with E-state index in [1.807, 2.05) is 20.8 Å². The predicted octanol–water partition coefficient (Wildman–Crippen LogP) is 2.89. The number of rotatable bonds is 7. The predicted molar refractivity (Wildman–Crippen MR) is 69.9 cm³/mol. The van der Waals surface area contributed by atoms with Crippen LogP contribution in [0, 0.1) is 5.41 Å². The molecule has 100 valence electrons. The maximum atomic E-state index is 11.5. The van der Waals surface area contributed by atoms with Gasteiger partial charge in [0.2, 0.25) is 0 Å². The van der Waals surface area contributed by atoms with E-state index >= 15 is 0 Å². The van der Waals surface area contributed by atoms with Crippen LogP contribution in [0.25, 0.3) is 0 Å². The minimum Gasteiger partial charge on any atom is -0.460 e. The van der Waals surface area contributed by atoms with Crippen LogP contribution in [0.5, 0.6) is 0 Å². The fourth-order valence-corrected chi connectivity index (χ4v) is 2.16. The Balaban J connectivity index is 2.06. The molecule has 1 N–H and O–H groups in total. The summed E-state index contributed by atoms with van der Waals surface area (Å²) in [4.78, 5) is 11.5. The number of carbonyl (C=O) groups is 1. The highest BCUT2D eigenvalue weighted by atomic mass is 16.6. The molecule has 1 aliphatic carbocycles. The lowest BCUT2D eigenvalue weighted by atomic mass is 10.0. The number of esters is 1. The summed E-state index contributed by atoms with van der Waals surface area (Å²) in [5.41, 5.74) is 0.194. The molecule has 1 aliphatic rings. The van der Waals surface area contributed by atoms with E-state index in [1.165, 1.54) is 25.7 Å². The number of nitrogens with one attached hydrogen (secondary N) is 1. The van der Waals surface area contributed by atoms with E-state index in [0.717, 1.165) is 13.1 Å². The number of ether oxygens (including phenoxy) is 1. The second-order valence-electron chi connectivity index (χ2n) is 6.26. The first-order chi connectivity index (χ1) is 7.87. The van der Waals surface area contributed by atoms with Gasteiger partial charge in [0, 0.05) is 13.1 Å². The third-order valence-corrected chi connectivity index (χ3v) is 3.16. The Morgan fingerprint density at radius 3 is 2.47 bits per heavy atom. The largest absolute Gasteiger partial charge is 0.460 e. The molecule has 0 atom stereocenters. The first kappa shape index (κ1) is 14.5. The van der Waals surface area contributed by atoms with Crippen molar-refractivity contribution in [2.75, 3.05) is 13.1 Å². The second kappa shape index (κ2) is 5.85. The van der Waals surface area contributed by atoms with Gasteiger partial charge in [-0.1, -0.05) is 13.3 Å². The molecule has 3 nitrogen and oxygen atoms in total. The van der Waals surface area contributed by atoms with Gasteiger partial charge in [-0.15, -0.1) is 0 Å². The quantitative estimate of drug-likeness (QED) is 0.550. The molecule has 0 saturated heterocycles. The molecule has 1 rings (SSSR count). The molecular formula is C14H27NO2. The summed E-state index contributed by atoms with van der Waals surface area (Å²) >= 11 is 0. The van der Waals surface area contributed by atoms with E-state index in [2.05, 4.69) is 12.2 Å². The van der Waals surface area contributed by atoms with E-state index in [0.29, 0.717) is 11.8 Å². The smallest absolute Gasteiger partial charge is 0.307 e. The summed E-state index contributed by atoms with van der Waals surface area (Å²) in [5.74, 6) is -0.106. The molecule has 0 amide bonds. The van der Waals surface area contributed by atoms with E-state index < -0.39 is 0 Å². The Kier molecular flexibility index (Phi) is 4.99. The van der Waals surface area contributed by atoms with E-state index in [9.17, 15) is 4.79 Å². The van der Waals surface area contributed by atoms with Crippen LogP contribution >= 0.6 is 0 Å². The van der Waals surface area contributed by atoms with E-state index in [1.54, 1.807) is 0 Å². The van der Waals surface area contributed by atoms with E-state index in [-0.39, 0.29) is 11.6 Å². The summed E-state index contributed by atoms with van der Waals surface area (Å²) in [6.07, 6.45) is 5.74. The van der Waals surface area contributed by atoms with Gasteiger partial charge in [0.05, 0.1) is 6.42 Å². The molecule has 0 unspecified atom stereocenters. The summed E-state index contributed by atoms with van der Waals surface area (Å²) < 4.78 is 5.25. The lowest BCUT2D eigenvalue weighted by Crippen LogP contribution is -2.29. The highest BCUT2D eigenvalue weighted by molar-refractivity contribution is 5.70. The molecule has 0 spiro atoms. The van der Waals surface area contributed by atoms with Crippen LogP contribution in [0.4, 0.5) is 0 Å². The van der Waals surface area contributed by atoms with Crippen molar-refractivity contribution >= 4 is 5.97 Å². The van der Waals surface area contributed by atoms with Crippen LogP contribution in [-0.2, 0) is 9.53 Å². The fourth-order valence-electron chi connectivity index (χ4n) is 2.16. The molecule has 1 saturated carbocycles. The number of carbonyl (C=O) groups excluding carboxylic acids is 1. The van der Waals surface area contributed by atoms with Crippen LogP contribution < -0.4 is 5.32 Å². The number of hydrogen-bond acceptors (Lipinski definition) is 3.